The number of carbonyl (C=O) groups excluding carboxylic acids is 2. The summed E-state index contributed by atoms with van der Waals surface area (Å²) >= 11 is 12.2. The average Bonchev–Trinajstić information content (AvgIpc) is 3.15. The summed E-state index contributed by atoms with van der Waals surface area (Å²) in [6, 6.07) is 12.1. The van der Waals surface area contributed by atoms with E-state index in [1.165, 1.54) is 34.0 Å². The molecular formula is C26H27Cl2FN4O2. The van der Waals surface area contributed by atoms with E-state index in [-0.39, 0.29) is 34.5 Å². The number of anilines is 1. The Bertz CT molecular complexity index is 1210. The molecule has 0 saturated heterocycles. The highest BCUT2D eigenvalue weighted by Crippen LogP contribution is 2.32. The van der Waals surface area contributed by atoms with Crippen LogP contribution in [-0.4, -0.2) is 27.4 Å². The van der Waals surface area contributed by atoms with Gasteiger partial charge in [-0.1, -0.05) is 72.8 Å². The zero-order valence-corrected chi connectivity index (χ0v) is 20.9. The highest BCUT2D eigenvalue weighted by atomic mass is 35.5. The number of hydrogen-bond acceptors (Lipinski definition) is 3. The fourth-order valence-electron chi connectivity index (χ4n) is 4.56. The molecule has 0 bridgehead atoms. The van der Waals surface area contributed by atoms with E-state index >= 15 is 0 Å². The predicted molar refractivity (Wildman–Crippen MR) is 135 cm³/mol. The summed E-state index contributed by atoms with van der Waals surface area (Å²) in [7, 11) is 0. The summed E-state index contributed by atoms with van der Waals surface area (Å²) in [4.78, 5) is 32.9. The lowest BCUT2D eigenvalue weighted by Crippen LogP contribution is -2.48. The van der Waals surface area contributed by atoms with Gasteiger partial charge in [0.05, 0.1) is 6.33 Å². The molecule has 184 valence electrons. The van der Waals surface area contributed by atoms with Crippen LogP contribution in [-0.2, 0) is 16.1 Å². The lowest BCUT2D eigenvalue weighted by atomic mass is 9.93. The van der Waals surface area contributed by atoms with Crippen molar-refractivity contribution in [3.8, 4) is 0 Å². The van der Waals surface area contributed by atoms with E-state index in [1.807, 2.05) is 31.2 Å². The second-order valence-electron chi connectivity index (χ2n) is 8.80. The molecule has 2 amide bonds. The van der Waals surface area contributed by atoms with Gasteiger partial charge in [-0.05, 0) is 49.1 Å². The van der Waals surface area contributed by atoms with Crippen molar-refractivity contribution in [1.82, 2.24) is 14.9 Å². The molecule has 1 atom stereocenters. The summed E-state index contributed by atoms with van der Waals surface area (Å²) in [6.07, 6.45) is 6.39. The minimum Gasteiger partial charge on any atom is -0.351 e. The number of nitrogens with zero attached hydrogens (tertiary/aromatic N) is 3. The Hall–Kier alpha value is -2.90. The third-order valence-corrected chi connectivity index (χ3v) is 7.10. The minimum absolute atomic E-state index is 0.0362. The zero-order valence-electron chi connectivity index (χ0n) is 19.4. The van der Waals surface area contributed by atoms with Crippen LogP contribution in [0.1, 0.15) is 49.3 Å². The lowest BCUT2D eigenvalue weighted by Gasteiger charge is -2.34. The molecule has 4 rings (SSSR count). The summed E-state index contributed by atoms with van der Waals surface area (Å²) in [5, 5.41) is 3.33. The van der Waals surface area contributed by atoms with Crippen molar-refractivity contribution in [3.05, 3.63) is 82.1 Å². The number of nitrogens with one attached hydrogen (secondary N) is 1. The number of benzene rings is 2. The second-order valence-corrected chi connectivity index (χ2v) is 9.52. The van der Waals surface area contributed by atoms with Crippen molar-refractivity contribution in [2.45, 2.75) is 57.7 Å². The van der Waals surface area contributed by atoms with Gasteiger partial charge in [0.25, 0.3) is 0 Å². The quantitative estimate of drug-likeness (QED) is 0.427. The van der Waals surface area contributed by atoms with E-state index in [2.05, 4.69) is 10.3 Å². The second kappa shape index (κ2) is 11.2. The monoisotopic (exact) mass is 516 g/mol. The molecule has 6 nitrogen and oxygen atoms in total. The molecule has 1 aliphatic carbocycles. The first-order chi connectivity index (χ1) is 16.8. The first kappa shape index (κ1) is 25.2. The normalized spacial score (nSPS) is 15.0. The van der Waals surface area contributed by atoms with Crippen LogP contribution in [0.15, 0.2) is 54.9 Å². The Morgan fingerprint density at radius 1 is 1.14 bits per heavy atom. The number of aryl methyl sites for hydroxylation is 1. The minimum atomic E-state index is -1.01. The molecule has 1 heterocycles. The first-order valence-corrected chi connectivity index (χ1v) is 12.4. The van der Waals surface area contributed by atoms with Crippen molar-refractivity contribution in [1.29, 1.82) is 0 Å². The van der Waals surface area contributed by atoms with Gasteiger partial charge in [-0.25, -0.2) is 9.37 Å². The van der Waals surface area contributed by atoms with Crippen molar-refractivity contribution in [2.75, 3.05) is 4.90 Å². The van der Waals surface area contributed by atoms with Crippen LogP contribution in [0.4, 0.5) is 10.1 Å². The third-order valence-electron chi connectivity index (χ3n) is 6.33. The summed E-state index contributed by atoms with van der Waals surface area (Å²) in [6.45, 7) is 1.66. The number of imidazole rings is 1. The van der Waals surface area contributed by atoms with Gasteiger partial charge in [0.2, 0.25) is 11.8 Å². The van der Waals surface area contributed by atoms with Crippen LogP contribution in [0.2, 0.25) is 10.3 Å². The van der Waals surface area contributed by atoms with E-state index in [0.717, 1.165) is 37.7 Å². The molecule has 0 radical (unpaired) electrons. The van der Waals surface area contributed by atoms with Gasteiger partial charge in [0, 0.05) is 11.7 Å². The molecule has 1 aliphatic rings. The van der Waals surface area contributed by atoms with Crippen molar-refractivity contribution in [2.24, 2.45) is 0 Å². The fraction of sp³-hybridized carbons (Fsp3) is 0.346. The summed E-state index contributed by atoms with van der Waals surface area (Å²) < 4.78 is 15.7. The average molecular weight is 517 g/mol. The summed E-state index contributed by atoms with van der Waals surface area (Å²) in [5.74, 6) is -1.28. The molecule has 0 spiro atoms. The van der Waals surface area contributed by atoms with Gasteiger partial charge < -0.3 is 9.88 Å². The van der Waals surface area contributed by atoms with E-state index < -0.39 is 17.8 Å². The smallest absolute Gasteiger partial charge is 0.248 e. The van der Waals surface area contributed by atoms with E-state index in [9.17, 15) is 14.0 Å². The lowest BCUT2D eigenvalue weighted by molar-refractivity contribution is -0.127. The number of aromatic nitrogens is 2. The van der Waals surface area contributed by atoms with Crippen molar-refractivity contribution < 1.29 is 14.0 Å². The number of amides is 2. The molecular weight excluding hydrogens is 490 g/mol. The molecule has 9 heteroatoms. The molecule has 1 aromatic heterocycles. The largest absolute Gasteiger partial charge is 0.351 e. The van der Waals surface area contributed by atoms with Crippen LogP contribution < -0.4 is 10.2 Å². The maximum atomic E-state index is 14.3. The van der Waals surface area contributed by atoms with Crippen molar-refractivity contribution >= 4 is 40.7 Å². The van der Waals surface area contributed by atoms with Gasteiger partial charge in [-0.3, -0.25) is 14.5 Å². The molecule has 1 unspecified atom stereocenters. The van der Waals surface area contributed by atoms with E-state index in [4.69, 9.17) is 23.2 Å². The molecule has 1 N–H and O–H groups in total. The third kappa shape index (κ3) is 5.85. The number of carbonyl (C=O) groups is 2. The van der Waals surface area contributed by atoms with Gasteiger partial charge in [0.1, 0.15) is 23.6 Å². The maximum absolute atomic E-state index is 14.3. The number of halogens is 3. The van der Waals surface area contributed by atoms with Crippen LogP contribution >= 0.6 is 23.2 Å². The topological polar surface area (TPSA) is 67.2 Å². The molecule has 1 fully saturated rings. The Balaban J connectivity index is 1.78. The molecule has 3 aromatic rings. The highest BCUT2D eigenvalue weighted by molar-refractivity contribution is 6.40. The Morgan fingerprint density at radius 3 is 2.54 bits per heavy atom. The van der Waals surface area contributed by atoms with Gasteiger partial charge in [-0.15, -0.1) is 0 Å². The van der Waals surface area contributed by atoms with E-state index in [1.54, 1.807) is 6.07 Å². The Labute approximate surface area is 214 Å². The van der Waals surface area contributed by atoms with Gasteiger partial charge in [0.15, 0.2) is 5.15 Å². The molecule has 1 saturated carbocycles. The Kier molecular flexibility index (Phi) is 8.08. The van der Waals surface area contributed by atoms with Gasteiger partial charge >= 0.3 is 0 Å². The summed E-state index contributed by atoms with van der Waals surface area (Å²) in [5.41, 5.74) is 1.77. The van der Waals surface area contributed by atoms with E-state index in [0.29, 0.717) is 5.56 Å². The number of hydrogen-bond donors (Lipinski definition) is 1. The standard InChI is InChI=1S/C26H27Cl2FN4O2/c1-17-8-5-6-13-21(17)23(26(35)31-19-10-3-2-4-11-19)33(20-12-7-9-18(29)14-20)22(34)15-32-16-30-24(27)25(32)28/h5-9,12-14,16,19,23H,2-4,10-11,15H2,1H3,(H,31,35). The first-order valence-electron chi connectivity index (χ1n) is 11.6. The van der Waals surface area contributed by atoms with Crippen LogP contribution in [0, 0.1) is 12.7 Å². The number of rotatable bonds is 7. The predicted octanol–water partition coefficient (Wildman–Crippen LogP) is 5.86. The Morgan fingerprint density at radius 2 is 1.89 bits per heavy atom. The van der Waals surface area contributed by atoms with Crippen molar-refractivity contribution in [3.63, 3.8) is 0 Å². The molecule has 35 heavy (non-hydrogen) atoms. The molecule has 0 aliphatic heterocycles. The van der Waals surface area contributed by atoms with Gasteiger partial charge in [-0.2, -0.15) is 0 Å². The fourth-order valence-corrected chi connectivity index (χ4v) is 4.86. The van der Waals surface area contributed by atoms with Crippen LogP contribution in [0.3, 0.4) is 0 Å². The maximum Gasteiger partial charge on any atom is 0.248 e. The zero-order chi connectivity index (χ0) is 24.9. The SMILES string of the molecule is Cc1ccccc1C(C(=O)NC1CCCCC1)N(C(=O)Cn1cnc(Cl)c1Cl)c1cccc(F)c1. The highest BCUT2D eigenvalue weighted by Gasteiger charge is 2.35. The van der Waals surface area contributed by atoms with Crippen LogP contribution in [0.5, 0.6) is 0 Å². The molecule has 2 aromatic carbocycles. The van der Waals surface area contributed by atoms with Crippen LogP contribution in [0.25, 0.3) is 0 Å².